The number of aromatic nitrogens is 2. The summed E-state index contributed by atoms with van der Waals surface area (Å²) >= 11 is 0. The molecule has 1 aromatic rings. The molecule has 9 heteroatoms. The van der Waals surface area contributed by atoms with Gasteiger partial charge in [-0.25, -0.2) is 18.2 Å². The Balaban J connectivity index is 2.84. The molecule has 0 aliphatic carbocycles. The summed E-state index contributed by atoms with van der Waals surface area (Å²) in [7, 11) is -2.09. The topological polar surface area (TPSA) is 101 Å². The van der Waals surface area contributed by atoms with Crippen molar-refractivity contribution in [3.63, 3.8) is 0 Å². The lowest BCUT2D eigenvalue weighted by atomic mass is 10.2. The van der Waals surface area contributed by atoms with Crippen LogP contribution < -0.4 is 9.62 Å². The minimum atomic E-state index is -3.46. The maximum Gasteiger partial charge on any atom is 0.407 e. The van der Waals surface area contributed by atoms with Gasteiger partial charge in [0, 0.05) is 19.4 Å². The highest BCUT2D eigenvalue weighted by Gasteiger charge is 2.20. The molecule has 1 amide bonds. The number of amides is 1. The van der Waals surface area contributed by atoms with Crippen LogP contribution in [0.2, 0.25) is 0 Å². The van der Waals surface area contributed by atoms with Gasteiger partial charge in [0.15, 0.2) is 5.82 Å². The van der Waals surface area contributed by atoms with E-state index in [-0.39, 0.29) is 12.4 Å². The van der Waals surface area contributed by atoms with Crippen LogP contribution in [0.25, 0.3) is 0 Å². The Hall–Kier alpha value is -1.90. The third-order valence-corrected chi connectivity index (χ3v) is 3.51. The predicted molar refractivity (Wildman–Crippen MR) is 78.4 cm³/mol. The molecule has 0 radical (unpaired) electrons. The van der Waals surface area contributed by atoms with Crippen molar-refractivity contribution >= 4 is 21.9 Å². The predicted octanol–water partition coefficient (Wildman–Crippen LogP) is 0.897. The van der Waals surface area contributed by atoms with Crippen molar-refractivity contribution in [1.29, 1.82) is 0 Å². The molecule has 0 spiro atoms. The normalized spacial score (nSPS) is 11.9. The van der Waals surface area contributed by atoms with Crippen molar-refractivity contribution in [2.75, 3.05) is 17.6 Å². The Bertz CT molecular complexity index is 610. The summed E-state index contributed by atoms with van der Waals surface area (Å²) in [4.78, 5) is 19.6. The number of sulfonamides is 1. The van der Waals surface area contributed by atoms with E-state index in [0.29, 0.717) is 5.69 Å². The number of hydrogen-bond donors (Lipinski definition) is 1. The Labute approximate surface area is 124 Å². The fraction of sp³-hybridized carbons (Fsp3) is 0.583. The number of anilines is 1. The molecule has 1 N–H and O–H groups in total. The van der Waals surface area contributed by atoms with Gasteiger partial charge in [-0.1, -0.05) is 0 Å². The third-order valence-electron chi connectivity index (χ3n) is 2.35. The molecule has 0 aliphatic heterocycles. The van der Waals surface area contributed by atoms with Crippen molar-refractivity contribution in [3.8, 4) is 0 Å². The zero-order valence-corrected chi connectivity index (χ0v) is 13.6. The van der Waals surface area contributed by atoms with Gasteiger partial charge in [-0.05, 0) is 20.8 Å². The van der Waals surface area contributed by atoms with Crippen LogP contribution in [0.3, 0.4) is 0 Å². The van der Waals surface area contributed by atoms with E-state index in [9.17, 15) is 13.2 Å². The van der Waals surface area contributed by atoms with E-state index < -0.39 is 21.7 Å². The fourth-order valence-electron chi connectivity index (χ4n) is 1.37. The Morgan fingerprint density at radius 1 is 1.33 bits per heavy atom. The molecule has 8 nitrogen and oxygen atoms in total. The summed E-state index contributed by atoms with van der Waals surface area (Å²) in [5.74, 6) is 0.163. The van der Waals surface area contributed by atoms with Crippen LogP contribution in [0.5, 0.6) is 0 Å². The Morgan fingerprint density at radius 3 is 2.43 bits per heavy atom. The van der Waals surface area contributed by atoms with Crippen LogP contribution in [0, 0.1) is 0 Å². The zero-order chi connectivity index (χ0) is 16.3. The first-order chi connectivity index (χ1) is 9.50. The van der Waals surface area contributed by atoms with E-state index in [0.717, 1.165) is 10.6 Å². The number of alkyl carbamates (subject to hydrolysis) is 1. The van der Waals surface area contributed by atoms with Gasteiger partial charge in [0.25, 0.3) is 0 Å². The number of ether oxygens (including phenoxy) is 1. The molecule has 21 heavy (non-hydrogen) atoms. The van der Waals surface area contributed by atoms with Crippen molar-refractivity contribution in [3.05, 3.63) is 18.1 Å². The fourth-order valence-corrected chi connectivity index (χ4v) is 1.84. The van der Waals surface area contributed by atoms with Crippen LogP contribution in [-0.2, 0) is 21.3 Å². The summed E-state index contributed by atoms with van der Waals surface area (Å²) in [6, 6.07) is 0. The number of hydrogen-bond acceptors (Lipinski definition) is 6. The molecule has 0 fully saturated rings. The first-order valence-corrected chi connectivity index (χ1v) is 8.06. The largest absolute Gasteiger partial charge is 0.444 e. The van der Waals surface area contributed by atoms with Crippen LogP contribution in [-0.4, -0.2) is 43.4 Å². The highest BCUT2D eigenvalue weighted by molar-refractivity contribution is 7.92. The van der Waals surface area contributed by atoms with Gasteiger partial charge < -0.3 is 10.1 Å². The second-order valence-electron chi connectivity index (χ2n) is 5.41. The summed E-state index contributed by atoms with van der Waals surface area (Å²) < 4.78 is 29.2. The van der Waals surface area contributed by atoms with Gasteiger partial charge in [-0.2, -0.15) is 0 Å². The van der Waals surface area contributed by atoms with Gasteiger partial charge in [0.05, 0.1) is 12.8 Å². The van der Waals surface area contributed by atoms with Crippen molar-refractivity contribution in [1.82, 2.24) is 15.3 Å². The molecule has 1 heterocycles. The van der Waals surface area contributed by atoms with E-state index in [4.69, 9.17) is 4.74 Å². The second-order valence-corrected chi connectivity index (χ2v) is 7.43. The number of rotatable bonds is 4. The standard InChI is InChI=1S/C12H20N4O4S/c1-12(2,3)20-11(17)15-8-9-10(14-7-6-13-9)16(4)21(5,18)19/h6-7H,8H2,1-5H3,(H,15,17). The van der Waals surface area contributed by atoms with Gasteiger partial charge in [-0.15, -0.1) is 0 Å². The molecule has 0 saturated heterocycles. The zero-order valence-electron chi connectivity index (χ0n) is 12.7. The molecule has 1 aromatic heterocycles. The van der Waals surface area contributed by atoms with Crippen molar-refractivity contribution < 1.29 is 17.9 Å². The molecule has 0 aliphatic rings. The highest BCUT2D eigenvalue weighted by Crippen LogP contribution is 2.16. The molecule has 0 unspecified atom stereocenters. The number of carbonyl (C=O) groups excluding carboxylic acids is 1. The van der Waals surface area contributed by atoms with E-state index >= 15 is 0 Å². The number of nitrogens with zero attached hydrogens (tertiary/aromatic N) is 3. The molecule has 0 saturated carbocycles. The van der Waals surface area contributed by atoms with Crippen LogP contribution in [0.15, 0.2) is 12.4 Å². The number of carbonyl (C=O) groups is 1. The molecular weight excluding hydrogens is 296 g/mol. The molecule has 0 bridgehead atoms. The van der Waals surface area contributed by atoms with Gasteiger partial charge in [-0.3, -0.25) is 9.29 Å². The molecule has 0 atom stereocenters. The first-order valence-electron chi connectivity index (χ1n) is 6.21. The molecule has 0 aromatic carbocycles. The molecular formula is C12H20N4O4S. The van der Waals surface area contributed by atoms with Crippen LogP contribution >= 0.6 is 0 Å². The van der Waals surface area contributed by atoms with E-state index in [2.05, 4.69) is 15.3 Å². The van der Waals surface area contributed by atoms with E-state index in [1.54, 1.807) is 20.8 Å². The Morgan fingerprint density at radius 2 is 1.90 bits per heavy atom. The minimum Gasteiger partial charge on any atom is -0.444 e. The van der Waals surface area contributed by atoms with Crippen LogP contribution in [0.1, 0.15) is 26.5 Å². The average molecular weight is 316 g/mol. The van der Waals surface area contributed by atoms with Gasteiger partial charge in [0.2, 0.25) is 10.0 Å². The quantitative estimate of drug-likeness (QED) is 0.885. The maximum absolute atomic E-state index is 11.6. The summed E-state index contributed by atoms with van der Waals surface area (Å²) in [5.41, 5.74) is -0.282. The van der Waals surface area contributed by atoms with Crippen molar-refractivity contribution in [2.45, 2.75) is 32.9 Å². The van der Waals surface area contributed by atoms with Gasteiger partial charge >= 0.3 is 6.09 Å². The lowest BCUT2D eigenvalue weighted by molar-refractivity contribution is 0.0523. The smallest absolute Gasteiger partial charge is 0.407 e. The lowest BCUT2D eigenvalue weighted by Gasteiger charge is -2.21. The summed E-state index contributed by atoms with van der Waals surface area (Å²) in [6.45, 7) is 5.26. The Kier molecular flexibility index (Phi) is 5.10. The third kappa shape index (κ3) is 5.54. The maximum atomic E-state index is 11.6. The highest BCUT2D eigenvalue weighted by atomic mass is 32.2. The molecule has 118 valence electrons. The average Bonchev–Trinajstić information content (AvgIpc) is 2.32. The lowest BCUT2D eigenvalue weighted by Crippen LogP contribution is -2.33. The SMILES string of the molecule is CN(c1nccnc1CNC(=O)OC(C)(C)C)S(C)(=O)=O. The second kappa shape index (κ2) is 6.25. The summed E-state index contributed by atoms with van der Waals surface area (Å²) in [6.07, 6.45) is 3.26. The van der Waals surface area contributed by atoms with Crippen LogP contribution in [0.4, 0.5) is 10.6 Å². The summed E-state index contributed by atoms with van der Waals surface area (Å²) in [5, 5.41) is 2.52. The molecule has 1 rings (SSSR count). The van der Waals surface area contributed by atoms with Crippen molar-refractivity contribution in [2.24, 2.45) is 0 Å². The van der Waals surface area contributed by atoms with E-state index in [1.165, 1.54) is 19.4 Å². The van der Waals surface area contributed by atoms with Gasteiger partial charge in [0.1, 0.15) is 11.3 Å². The first kappa shape index (κ1) is 17.2. The monoisotopic (exact) mass is 316 g/mol. The minimum absolute atomic E-state index is 0.0119. The van der Waals surface area contributed by atoms with E-state index in [1.807, 2.05) is 0 Å². The number of nitrogens with one attached hydrogen (secondary N) is 1.